The maximum absolute atomic E-state index is 10.6. The molecule has 0 aliphatic heterocycles. The number of amides is 1. The first-order valence-corrected chi connectivity index (χ1v) is 7.05. The first-order valence-electron chi connectivity index (χ1n) is 7.05. The molecule has 2 unspecified atom stereocenters. The molecule has 0 saturated heterocycles. The van der Waals surface area contributed by atoms with Crippen LogP contribution < -0.4 is 15.8 Å². The fourth-order valence-electron chi connectivity index (χ4n) is 2.47. The Bertz CT molecular complexity index is 433. The summed E-state index contributed by atoms with van der Waals surface area (Å²) in [5, 5.41) is 13.1. The molecule has 1 aromatic rings. The number of ether oxygens (including phenoxy) is 1. The highest BCUT2D eigenvalue weighted by Gasteiger charge is 2.19. The van der Waals surface area contributed by atoms with E-state index < -0.39 is 5.91 Å². The van der Waals surface area contributed by atoms with Gasteiger partial charge in [0.15, 0.2) is 6.61 Å². The van der Waals surface area contributed by atoms with E-state index in [9.17, 15) is 9.90 Å². The van der Waals surface area contributed by atoms with E-state index in [-0.39, 0.29) is 12.7 Å². The number of hydrogen-bond acceptors (Lipinski definition) is 4. The Labute approximate surface area is 119 Å². The predicted molar refractivity (Wildman–Crippen MR) is 76.2 cm³/mol. The Morgan fingerprint density at radius 2 is 2.10 bits per heavy atom. The second-order valence-corrected chi connectivity index (χ2v) is 5.30. The van der Waals surface area contributed by atoms with Crippen LogP contribution in [0, 0.1) is 0 Å². The van der Waals surface area contributed by atoms with Gasteiger partial charge in [0.25, 0.3) is 5.91 Å². The van der Waals surface area contributed by atoms with E-state index in [1.165, 1.54) is 0 Å². The molecule has 1 amide bonds. The number of primary amides is 1. The average molecular weight is 278 g/mol. The highest BCUT2D eigenvalue weighted by Crippen LogP contribution is 2.19. The van der Waals surface area contributed by atoms with Crippen molar-refractivity contribution in [2.24, 2.45) is 5.73 Å². The Hall–Kier alpha value is -1.59. The summed E-state index contributed by atoms with van der Waals surface area (Å²) in [6.45, 7) is 0.672. The predicted octanol–water partition coefficient (Wildman–Crippen LogP) is 0.944. The van der Waals surface area contributed by atoms with Crippen molar-refractivity contribution < 1.29 is 14.6 Å². The minimum Gasteiger partial charge on any atom is -0.484 e. The molecule has 5 heteroatoms. The lowest BCUT2D eigenvalue weighted by molar-refractivity contribution is -0.119. The van der Waals surface area contributed by atoms with Gasteiger partial charge in [0.1, 0.15) is 5.75 Å². The van der Waals surface area contributed by atoms with Gasteiger partial charge in [-0.1, -0.05) is 12.1 Å². The van der Waals surface area contributed by atoms with Gasteiger partial charge >= 0.3 is 0 Å². The van der Waals surface area contributed by atoms with Crippen LogP contribution >= 0.6 is 0 Å². The van der Waals surface area contributed by atoms with Crippen LogP contribution in [0.25, 0.3) is 0 Å². The number of carbonyl (C=O) groups is 1. The highest BCUT2D eigenvalue weighted by atomic mass is 16.5. The lowest BCUT2D eigenvalue weighted by Gasteiger charge is -2.26. The van der Waals surface area contributed by atoms with Gasteiger partial charge in [-0.3, -0.25) is 4.79 Å². The molecule has 4 N–H and O–H groups in total. The molecule has 0 spiro atoms. The number of rotatable bonds is 6. The van der Waals surface area contributed by atoms with Gasteiger partial charge in [0, 0.05) is 12.6 Å². The summed E-state index contributed by atoms with van der Waals surface area (Å²) in [5.74, 6) is 0.159. The zero-order chi connectivity index (χ0) is 14.4. The summed E-state index contributed by atoms with van der Waals surface area (Å²) in [5.41, 5.74) is 6.17. The van der Waals surface area contributed by atoms with Crippen LogP contribution in [0.4, 0.5) is 0 Å². The Morgan fingerprint density at radius 3 is 2.75 bits per heavy atom. The molecular formula is C15H22N2O3. The van der Waals surface area contributed by atoms with Crippen LogP contribution in [0.2, 0.25) is 0 Å². The molecule has 5 nitrogen and oxygen atoms in total. The minimum absolute atomic E-state index is 0.0996. The number of benzene rings is 1. The van der Waals surface area contributed by atoms with Gasteiger partial charge < -0.3 is 20.9 Å². The molecule has 1 aliphatic carbocycles. The van der Waals surface area contributed by atoms with Gasteiger partial charge in [-0.05, 0) is 43.4 Å². The largest absolute Gasteiger partial charge is 0.484 e. The van der Waals surface area contributed by atoms with Crippen LogP contribution in [-0.2, 0) is 11.3 Å². The van der Waals surface area contributed by atoms with Crippen molar-refractivity contribution in [2.75, 3.05) is 6.61 Å². The zero-order valence-electron chi connectivity index (χ0n) is 11.5. The quantitative estimate of drug-likeness (QED) is 0.723. The van der Waals surface area contributed by atoms with Gasteiger partial charge in [-0.25, -0.2) is 0 Å². The van der Waals surface area contributed by atoms with Crippen molar-refractivity contribution in [2.45, 2.75) is 44.4 Å². The topological polar surface area (TPSA) is 84.6 Å². The normalized spacial score (nSPS) is 22.4. The van der Waals surface area contributed by atoms with E-state index in [4.69, 9.17) is 10.5 Å². The van der Waals surface area contributed by atoms with Crippen LogP contribution in [0.1, 0.15) is 31.2 Å². The van der Waals surface area contributed by atoms with Crippen LogP contribution in [0.3, 0.4) is 0 Å². The monoisotopic (exact) mass is 278 g/mol. The van der Waals surface area contributed by atoms with Crippen molar-refractivity contribution in [3.05, 3.63) is 29.8 Å². The summed E-state index contributed by atoms with van der Waals surface area (Å²) >= 11 is 0. The summed E-state index contributed by atoms with van der Waals surface area (Å²) < 4.78 is 5.20. The number of hydrogen-bond donors (Lipinski definition) is 3. The fraction of sp³-hybridized carbons (Fsp3) is 0.533. The molecule has 20 heavy (non-hydrogen) atoms. The third-order valence-electron chi connectivity index (χ3n) is 3.55. The molecule has 2 atom stereocenters. The third kappa shape index (κ3) is 4.83. The van der Waals surface area contributed by atoms with E-state index in [0.717, 1.165) is 37.8 Å². The van der Waals surface area contributed by atoms with Crippen molar-refractivity contribution in [3.8, 4) is 5.75 Å². The summed E-state index contributed by atoms with van der Waals surface area (Å²) in [6.07, 6.45) is 3.80. The molecule has 2 rings (SSSR count). The summed E-state index contributed by atoms with van der Waals surface area (Å²) in [4.78, 5) is 10.6. The lowest BCUT2D eigenvalue weighted by atomic mass is 9.93. The molecular weight excluding hydrogens is 256 g/mol. The maximum Gasteiger partial charge on any atom is 0.255 e. The Morgan fingerprint density at radius 1 is 1.35 bits per heavy atom. The number of nitrogens with two attached hydrogens (primary N) is 1. The van der Waals surface area contributed by atoms with Crippen molar-refractivity contribution in [1.82, 2.24) is 5.32 Å². The first kappa shape index (κ1) is 14.8. The van der Waals surface area contributed by atoms with Gasteiger partial charge in [-0.2, -0.15) is 0 Å². The van der Waals surface area contributed by atoms with E-state index in [0.29, 0.717) is 11.8 Å². The van der Waals surface area contributed by atoms with Crippen molar-refractivity contribution in [1.29, 1.82) is 0 Å². The Balaban J connectivity index is 1.77. The molecule has 110 valence electrons. The zero-order valence-corrected chi connectivity index (χ0v) is 11.5. The van der Waals surface area contributed by atoms with Crippen LogP contribution in [0.5, 0.6) is 5.75 Å². The molecule has 0 heterocycles. The first-order chi connectivity index (χ1) is 9.63. The van der Waals surface area contributed by atoms with Crippen LogP contribution in [-0.4, -0.2) is 29.8 Å². The lowest BCUT2D eigenvalue weighted by Crippen LogP contribution is -2.35. The molecule has 1 aliphatic rings. The van der Waals surface area contributed by atoms with E-state index >= 15 is 0 Å². The highest BCUT2D eigenvalue weighted by molar-refractivity contribution is 5.75. The van der Waals surface area contributed by atoms with E-state index in [1.807, 2.05) is 24.3 Å². The molecule has 0 radical (unpaired) electrons. The summed E-state index contributed by atoms with van der Waals surface area (Å²) in [7, 11) is 0. The smallest absolute Gasteiger partial charge is 0.255 e. The molecule has 0 bridgehead atoms. The number of aliphatic hydroxyl groups is 1. The standard InChI is InChI=1S/C15H22N2O3/c16-15(19)10-20-14-6-4-11(5-7-14)9-17-12-2-1-3-13(18)8-12/h4-7,12-13,17-18H,1-3,8-10H2,(H2,16,19). The molecule has 1 fully saturated rings. The van der Waals surface area contributed by atoms with Gasteiger partial charge in [0.2, 0.25) is 0 Å². The number of carbonyl (C=O) groups excluding carboxylic acids is 1. The molecule has 0 aromatic heterocycles. The fourth-order valence-corrected chi connectivity index (χ4v) is 2.47. The second kappa shape index (κ2) is 7.26. The third-order valence-corrected chi connectivity index (χ3v) is 3.55. The maximum atomic E-state index is 10.6. The van der Waals surface area contributed by atoms with Crippen molar-refractivity contribution in [3.63, 3.8) is 0 Å². The SMILES string of the molecule is NC(=O)COc1ccc(CNC2CCCC(O)C2)cc1. The second-order valence-electron chi connectivity index (χ2n) is 5.30. The minimum atomic E-state index is -0.480. The van der Waals surface area contributed by atoms with Crippen LogP contribution in [0.15, 0.2) is 24.3 Å². The van der Waals surface area contributed by atoms with Crippen molar-refractivity contribution >= 4 is 5.91 Å². The number of nitrogens with one attached hydrogen (secondary N) is 1. The molecule has 1 saturated carbocycles. The molecule has 1 aromatic carbocycles. The van der Waals surface area contributed by atoms with E-state index in [2.05, 4.69) is 5.32 Å². The Kier molecular flexibility index (Phi) is 5.38. The average Bonchev–Trinajstić information content (AvgIpc) is 2.44. The van der Waals surface area contributed by atoms with Gasteiger partial charge in [0.05, 0.1) is 6.10 Å². The van der Waals surface area contributed by atoms with Gasteiger partial charge in [-0.15, -0.1) is 0 Å². The van der Waals surface area contributed by atoms with E-state index in [1.54, 1.807) is 0 Å². The number of aliphatic hydroxyl groups excluding tert-OH is 1. The summed E-state index contributed by atoms with van der Waals surface area (Å²) in [6, 6.07) is 7.97.